The summed E-state index contributed by atoms with van der Waals surface area (Å²) >= 11 is 0. The Kier molecular flexibility index (Phi) is 6.26. The lowest BCUT2D eigenvalue weighted by Gasteiger charge is -2.43. The highest BCUT2D eigenvalue weighted by Crippen LogP contribution is 2.35. The first-order valence-electron chi connectivity index (χ1n) is 10.3. The van der Waals surface area contributed by atoms with Crippen molar-refractivity contribution >= 4 is 17.6 Å². The number of nitrogens with one attached hydrogen (secondary N) is 1. The molecular weight excluding hydrogens is 447 g/mol. The molecule has 0 radical (unpaired) electrons. The number of hydrogen-bond acceptors (Lipinski definition) is 10. The van der Waals surface area contributed by atoms with Gasteiger partial charge >= 0.3 is 12.3 Å². The number of ether oxygens (including phenoxy) is 2. The van der Waals surface area contributed by atoms with E-state index >= 15 is 0 Å². The van der Waals surface area contributed by atoms with Gasteiger partial charge in [-0.15, -0.1) is 0 Å². The monoisotopic (exact) mass is 471 g/mol. The van der Waals surface area contributed by atoms with Crippen molar-refractivity contribution in [2.24, 2.45) is 10.7 Å². The van der Waals surface area contributed by atoms with Crippen molar-refractivity contribution in [2.45, 2.75) is 37.6 Å². The molecule has 2 saturated heterocycles. The van der Waals surface area contributed by atoms with E-state index in [1.165, 1.54) is 11.0 Å². The van der Waals surface area contributed by atoms with Gasteiger partial charge in [0.15, 0.2) is 5.69 Å². The molecule has 1 unspecified atom stereocenters. The Balaban J connectivity index is 1.80. The number of aliphatic hydroxyl groups excluding tert-OH is 1. The molecule has 2 fully saturated rings. The highest BCUT2D eigenvalue weighted by atomic mass is 19.4. The lowest BCUT2D eigenvalue weighted by atomic mass is 10.1. The highest BCUT2D eigenvalue weighted by molar-refractivity contribution is 6.08. The Morgan fingerprint density at radius 2 is 2.09 bits per heavy atom. The number of halogens is 3. The predicted octanol–water partition coefficient (Wildman–Crippen LogP) is 0.332. The van der Waals surface area contributed by atoms with Gasteiger partial charge in [0, 0.05) is 44.0 Å². The van der Waals surface area contributed by atoms with Gasteiger partial charge in [0.25, 0.3) is 0 Å². The molecule has 4 N–H and O–H groups in total. The quantitative estimate of drug-likeness (QED) is 0.567. The summed E-state index contributed by atoms with van der Waals surface area (Å²) in [6.07, 6.45) is -2.77. The van der Waals surface area contributed by atoms with Crippen molar-refractivity contribution in [2.75, 3.05) is 32.9 Å². The van der Waals surface area contributed by atoms with Gasteiger partial charge in [0.2, 0.25) is 5.91 Å². The molecule has 3 atom stereocenters. The lowest BCUT2D eigenvalue weighted by molar-refractivity contribution is -0.141. The maximum Gasteiger partial charge on any atom is 0.434 e. The normalized spacial score (nSPS) is 28.8. The van der Waals surface area contributed by atoms with Gasteiger partial charge in [-0.3, -0.25) is 10.6 Å². The summed E-state index contributed by atoms with van der Waals surface area (Å²) in [5.41, 5.74) is 5.01. The summed E-state index contributed by atoms with van der Waals surface area (Å²) in [6.45, 7) is 2.93. The van der Waals surface area contributed by atoms with Crippen LogP contribution in [0.1, 0.15) is 24.6 Å². The number of cyclic esters (lactones) is 1. The summed E-state index contributed by atoms with van der Waals surface area (Å²) in [6, 6.07) is -0.540. The van der Waals surface area contributed by atoms with Crippen LogP contribution in [0.4, 0.5) is 18.0 Å². The molecule has 4 rings (SSSR count). The first-order chi connectivity index (χ1) is 15.6. The number of alkyl halides is 3. The van der Waals surface area contributed by atoms with Crippen molar-refractivity contribution in [1.82, 2.24) is 25.1 Å². The van der Waals surface area contributed by atoms with Crippen LogP contribution in [-0.2, 0) is 15.7 Å². The van der Waals surface area contributed by atoms with Crippen molar-refractivity contribution in [3.8, 4) is 0 Å². The average molecular weight is 471 g/mol. The van der Waals surface area contributed by atoms with Crippen molar-refractivity contribution < 1.29 is 32.5 Å². The van der Waals surface area contributed by atoms with Crippen LogP contribution in [0.5, 0.6) is 0 Å². The number of rotatable bonds is 4. The van der Waals surface area contributed by atoms with Crippen LogP contribution in [0.2, 0.25) is 0 Å². The molecule has 0 bridgehead atoms. The Labute approximate surface area is 187 Å². The predicted molar refractivity (Wildman–Crippen MR) is 108 cm³/mol. The fraction of sp³-hybridized carbons (Fsp3) is 0.579. The van der Waals surface area contributed by atoms with Gasteiger partial charge in [-0.05, 0) is 6.92 Å². The molecule has 14 heteroatoms. The van der Waals surface area contributed by atoms with Gasteiger partial charge in [0.1, 0.15) is 18.3 Å². The van der Waals surface area contributed by atoms with E-state index in [0.29, 0.717) is 26.3 Å². The number of carbonyl (C=O) groups is 1. The van der Waals surface area contributed by atoms with Crippen molar-refractivity contribution in [1.29, 1.82) is 0 Å². The van der Waals surface area contributed by atoms with Crippen LogP contribution in [-0.4, -0.2) is 87.8 Å². The molecular formula is C19H24F3N7O4. The third-order valence-corrected chi connectivity index (χ3v) is 5.70. The second-order valence-corrected chi connectivity index (χ2v) is 7.81. The fourth-order valence-corrected chi connectivity index (χ4v) is 4.02. The molecule has 3 aliphatic rings. The van der Waals surface area contributed by atoms with E-state index in [9.17, 15) is 23.1 Å². The van der Waals surface area contributed by atoms with E-state index in [0.717, 1.165) is 12.5 Å². The van der Waals surface area contributed by atoms with Gasteiger partial charge in [-0.25, -0.2) is 24.7 Å². The number of carbonyl (C=O) groups excluding carboxylic acids is 1. The van der Waals surface area contributed by atoms with E-state index in [2.05, 4.69) is 20.3 Å². The topological polar surface area (TPSA) is 138 Å². The lowest BCUT2D eigenvalue weighted by Crippen LogP contribution is -2.67. The summed E-state index contributed by atoms with van der Waals surface area (Å²) in [5.74, 6) is -1.65. The minimum Gasteiger partial charge on any atom is -0.444 e. The first-order valence-corrected chi connectivity index (χ1v) is 10.3. The largest absolute Gasteiger partial charge is 0.444 e. The summed E-state index contributed by atoms with van der Waals surface area (Å²) in [4.78, 5) is 27.2. The summed E-state index contributed by atoms with van der Waals surface area (Å²) in [5, 5.41) is 12.1. The number of nitrogens with two attached hydrogens (primary N) is 1. The average Bonchev–Trinajstić information content (AvgIpc) is 3.06. The second-order valence-electron chi connectivity index (χ2n) is 7.81. The minimum absolute atomic E-state index is 0.0210. The Morgan fingerprint density at radius 3 is 2.76 bits per heavy atom. The van der Waals surface area contributed by atoms with Crippen molar-refractivity contribution in [3.63, 3.8) is 0 Å². The highest BCUT2D eigenvalue weighted by Gasteiger charge is 2.46. The first kappa shape index (κ1) is 23.4. The molecule has 0 saturated carbocycles. The number of amides is 1. The smallest absolute Gasteiger partial charge is 0.434 e. The van der Waals surface area contributed by atoms with Gasteiger partial charge in [-0.2, -0.15) is 13.2 Å². The number of hydrogen-bond donors (Lipinski definition) is 3. The second kappa shape index (κ2) is 8.85. The maximum atomic E-state index is 13.7. The van der Waals surface area contributed by atoms with Gasteiger partial charge in [-0.1, -0.05) is 0 Å². The molecule has 1 aromatic heterocycles. The molecule has 180 valence electrons. The van der Waals surface area contributed by atoms with Crippen molar-refractivity contribution in [3.05, 3.63) is 29.9 Å². The van der Waals surface area contributed by atoms with E-state index in [1.807, 2.05) is 0 Å². The molecule has 11 nitrogen and oxygen atoms in total. The zero-order chi connectivity index (χ0) is 23.8. The van der Waals surface area contributed by atoms with Crippen LogP contribution in [0, 0.1) is 0 Å². The number of aromatic nitrogens is 2. The third kappa shape index (κ3) is 4.51. The molecule has 1 amide bonds. The van der Waals surface area contributed by atoms with Crippen LogP contribution < -0.4 is 11.1 Å². The number of nitrogens with zero attached hydrogens (tertiary/aromatic N) is 5. The van der Waals surface area contributed by atoms with Gasteiger partial charge < -0.3 is 19.9 Å². The van der Waals surface area contributed by atoms with Crippen LogP contribution in [0.3, 0.4) is 0 Å². The minimum atomic E-state index is -4.75. The zero-order valence-corrected chi connectivity index (χ0v) is 17.7. The number of aliphatic hydroxyl groups is 1. The van der Waals surface area contributed by atoms with E-state index in [4.69, 9.17) is 15.2 Å². The Morgan fingerprint density at radius 1 is 1.36 bits per heavy atom. The third-order valence-electron chi connectivity index (χ3n) is 5.70. The SMILES string of the molecule is C[C@H]1[C@@H](CCO)OC(=O)N1C1=NC(N)(N2CCOCC2)NC(c2cncnc2C(F)(F)F)=C1. The molecule has 0 aliphatic carbocycles. The Bertz CT molecular complexity index is 967. The zero-order valence-electron chi connectivity index (χ0n) is 17.7. The number of morpholine rings is 1. The van der Waals surface area contributed by atoms with Gasteiger partial charge in [0.05, 0.1) is 25.0 Å². The van der Waals surface area contributed by atoms with Crippen LogP contribution in [0.25, 0.3) is 5.70 Å². The van der Waals surface area contributed by atoms with E-state index < -0.39 is 36.0 Å². The Hall–Kier alpha value is -2.81. The molecule has 0 aromatic carbocycles. The molecule has 4 heterocycles. The van der Waals surface area contributed by atoms with Crippen LogP contribution >= 0.6 is 0 Å². The van der Waals surface area contributed by atoms with Crippen LogP contribution in [0.15, 0.2) is 23.6 Å². The molecule has 1 aromatic rings. The molecule has 33 heavy (non-hydrogen) atoms. The maximum absolute atomic E-state index is 13.7. The fourth-order valence-electron chi connectivity index (χ4n) is 4.02. The summed E-state index contributed by atoms with van der Waals surface area (Å²) in [7, 11) is 0. The molecule has 0 spiro atoms. The molecule has 3 aliphatic heterocycles. The van der Waals surface area contributed by atoms with E-state index in [1.54, 1.807) is 11.8 Å². The number of aliphatic imine (C=N–C) groups is 1. The van der Waals surface area contributed by atoms with E-state index in [-0.39, 0.29) is 30.1 Å². The standard InChI is InChI=1S/C19H24F3N7O4/c1-11-14(2-5-30)33-17(31)29(11)15-8-13(12-9-24-10-25-16(12)18(20,21)22)26-19(23,27-15)28-3-6-32-7-4-28/h8-11,14,26,30H,2-7,23H2,1H3/t11-,14+,19?/m0/s1. The number of amidine groups is 1. The summed E-state index contributed by atoms with van der Waals surface area (Å²) < 4.78 is 51.7.